The number of ether oxygens (including phenoxy) is 3. The number of hydrogen-bond acceptors (Lipinski definition) is 9. The van der Waals surface area contributed by atoms with E-state index in [1.807, 2.05) is 0 Å². The third-order valence-electron chi connectivity index (χ3n) is 4.64. The lowest BCUT2D eigenvalue weighted by Crippen LogP contribution is -2.11. The Bertz CT molecular complexity index is 1320. The van der Waals surface area contributed by atoms with Crippen LogP contribution in [0.1, 0.15) is 17.5 Å². The molecular weight excluding hydrogens is 471 g/mol. The molecule has 0 bridgehead atoms. The minimum atomic E-state index is -0.702. The minimum Gasteiger partial charge on any atom is -0.495 e. The lowest BCUT2D eigenvalue weighted by atomic mass is 10.1. The van der Waals surface area contributed by atoms with E-state index in [9.17, 15) is 4.79 Å². The van der Waals surface area contributed by atoms with Gasteiger partial charge in [0.1, 0.15) is 28.4 Å². The smallest absolute Gasteiger partial charge is 0.376 e. The molecule has 0 atom stereocenters. The summed E-state index contributed by atoms with van der Waals surface area (Å²) in [5.41, 5.74) is 1.74. The predicted octanol–water partition coefficient (Wildman–Crippen LogP) is 5.53. The molecule has 0 saturated carbocycles. The molecule has 0 spiro atoms. The molecule has 0 aliphatic rings. The maximum atomic E-state index is 12.4. The molecule has 33 heavy (non-hydrogen) atoms. The van der Waals surface area contributed by atoms with E-state index in [1.54, 1.807) is 43.3 Å². The number of anilines is 2. The van der Waals surface area contributed by atoms with Crippen molar-refractivity contribution in [2.24, 2.45) is 0 Å². The van der Waals surface area contributed by atoms with Crippen LogP contribution >= 0.6 is 23.2 Å². The van der Waals surface area contributed by atoms with Crippen molar-refractivity contribution >= 4 is 51.8 Å². The normalized spacial score (nSPS) is 10.8. The van der Waals surface area contributed by atoms with E-state index in [0.717, 1.165) is 0 Å². The van der Waals surface area contributed by atoms with Crippen LogP contribution in [0.15, 0.2) is 40.9 Å². The van der Waals surface area contributed by atoms with Crippen LogP contribution in [0.2, 0.25) is 10.0 Å². The minimum absolute atomic E-state index is 0.0964. The third-order valence-corrected chi connectivity index (χ3v) is 5.19. The molecule has 0 fully saturated rings. The van der Waals surface area contributed by atoms with Gasteiger partial charge in [-0.15, -0.1) is 0 Å². The second kappa shape index (κ2) is 9.51. The summed E-state index contributed by atoms with van der Waals surface area (Å²) in [5.74, 6) is 0.223. The van der Waals surface area contributed by atoms with Crippen molar-refractivity contribution in [1.29, 1.82) is 0 Å². The van der Waals surface area contributed by atoms with E-state index in [2.05, 4.69) is 20.4 Å². The third kappa shape index (κ3) is 4.50. The Morgan fingerprint density at radius 1 is 1.06 bits per heavy atom. The molecule has 170 valence electrons. The van der Waals surface area contributed by atoms with Gasteiger partial charge in [0.05, 0.1) is 31.5 Å². The first-order valence-electron chi connectivity index (χ1n) is 9.74. The summed E-state index contributed by atoms with van der Waals surface area (Å²) in [5, 5.41) is 8.66. The van der Waals surface area contributed by atoms with Crippen molar-refractivity contribution in [3.63, 3.8) is 0 Å². The van der Waals surface area contributed by atoms with E-state index in [0.29, 0.717) is 43.9 Å². The van der Waals surface area contributed by atoms with Crippen LogP contribution in [0, 0.1) is 0 Å². The largest absolute Gasteiger partial charge is 0.495 e. The summed E-state index contributed by atoms with van der Waals surface area (Å²) in [6.07, 6.45) is 0. The number of nitrogens with one attached hydrogen (secondary N) is 1. The first-order chi connectivity index (χ1) is 15.9. The van der Waals surface area contributed by atoms with Gasteiger partial charge in [0.2, 0.25) is 5.82 Å². The van der Waals surface area contributed by atoms with E-state index < -0.39 is 5.97 Å². The first-order valence-corrected chi connectivity index (χ1v) is 10.5. The highest BCUT2D eigenvalue weighted by Gasteiger charge is 2.23. The summed E-state index contributed by atoms with van der Waals surface area (Å²) in [6.45, 7) is 1.85. The molecule has 0 aliphatic carbocycles. The van der Waals surface area contributed by atoms with Crippen LogP contribution in [-0.4, -0.2) is 41.9 Å². The molecule has 11 heteroatoms. The molecule has 0 radical (unpaired) electrons. The van der Waals surface area contributed by atoms with E-state index in [4.69, 9.17) is 41.9 Å². The monoisotopic (exact) mass is 488 g/mol. The molecule has 0 amide bonds. The summed E-state index contributed by atoms with van der Waals surface area (Å²) in [7, 11) is 3.01. The average molecular weight is 489 g/mol. The van der Waals surface area contributed by atoms with Crippen LogP contribution in [0.4, 0.5) is 11.5 Å². The maximum Gasteiger partial charge on any atom is 0.376 e. The number of benzene rings is 2. The molecule has 0 aliphatic heterocycles. The SMILES string of the molecule is CCOC(=O)c1nc(Nc2cc(Cl)c(OC)cc2OC)c2c(-c3ccc(Cl)cc3)noc2n1. The summed E-state index contributed by atoms with van der Waals surface area (Å²) in [6, 6.07) is 10.3. The van der Waals surface area contributed by atoms with Gasteiger partial charge in [-0.05, 0) is 25.1 Å². The fraction of sp³-hybridized carbons (Fsp3) is 0.182. The Balaban J connectivity index is 1.91. The van der Waals surface area contributed by atoms with Gasteiger partial charge in [0.25, 0.3) is 5.71 Å². The van der Waals surface area contributed by atoms with Crippen LogP contribution in [-0.2, 0) is 4.74 Å². The molecule has 0 saturated heterocycles. The van der Waals surface area contributed by atoms with Crippen molar-refractivity contribution in [2.45, 2.75) is 6.92 Å². The highest BCUT2D eigenvalue weighted by Crippen LogP contribution is 2.39. The van der Waals surface area contributed by atoms with Crippen LogP contribution in [0.5, 0.6) is 11.5 Å². The maximum absolute atomic E-state index is 12.4. The number of methoxy groups -OCH3 is 2. The number of carbonyl (C=O) groups excluding carboxylic acids is 1. The molecule has 2 heterocycles. The van der Waals surface area contributed by atoms with Gasteiger partial charge in [0.15, 0.2) is 0 Å². The van der Waals surface area contributed by atoms with Gasteiger partial charge in [-0.1, -0.05) is 40.5 Å². The van der Waals surface area contributed by atoms with Crippen LogP contribution in [0.25, 0.3) is 22.4 Å². The zero-order valence-electron chi connectivity index (χ0n) is 17.8. The van der Waals surface area contributed by atoms with E-state index >= 15 is 0 Å². The fourth-order valence-electron chi connectivity index (χ4n) is 3.12. The van der Waals surface area contributed by atoms with Crippen LogP contribution in [0.3, 0.4) is 0 Å². The molecular formula is C22H18Cl2N4O5. The number of rotatable bonds is 7. The van der Waals surface area contributed by atoms with Crippen molar-refractivity contribution < 1.29 is 23.5 Å². The summed E-state index contributed by atoms with van der Waals surface area (Å²) < 4.78 is 21.2. The second-order valence-electron chi connectivity index (χ2n) is 6.65. The Morgan fingerprint density at radius 2 is 1.79 bits per heavy atom. The van der Waals surface area contributed by atoms with E-state index in [1.165, 1.54) is 14.2 Å². The first kappa shape index (κ1) is 22.6. The predicted molar refractivity (Wildman–Crippen MR) is 124 cm³/mol. The highest BCUT2D eigenvalue weighted by atomic mass is 35.5. The van der Waals surface area contributed by atoms with Gasteiger partial charge >= 0.3 is 5.97 Å². The fourth-order valence-corrected chi connectivity index (χ4v) is 3.49. The molecule has 2 aromatic carbocycles. The number of nitrogens with zero attached hydrogens (tertiary/aromatic N) is 3. The second-order valence-corrected chi connectivity index (χ2v) is 7.49. The quantitative estimate of drug-likeness (QED) is 0.335. The van der Waals surface area contributed by atoms with Gasteiger partial charge in [0, 0.05) is 16.7 Å². The zero-order valence-corrected chi connectivity index (χ0v) is 19.3. The number of aromatic nitrogens is 3. The Kier molecular flexibility index (Phi) is 6.52. The number of esters is 1. The standard InChI is InChI=1S/C22H18Cl2N4O5/c1-4-32-22(29)20-26-19(25-14-9-13(24)15(30-2)10-16(14)31-3)17-18(28-33-21(17)27-20)11-5-7-12(23)8-6-11/h5-10H,4H2,1-3H3,(H,25,26,27). The Labute approximate surface area is 198 Å². The number of carbonyl (C=O) groups is 1. The lowest BCUT2D eigenvalue weighted by Gasteiger charge is -2.14. The molecule has 4 aromatic rings. The summed E-state index contributed by atoms with van der Waals surface area (Å²) >= 11 is 12.3. The van der Waals surface area contributed by atoms with Crippen molar-refractivity contribution in [1.82, 2.24) is 15.1 Å². The van der Waals surface area contributed by atoms with E-state index in [-0.39, 0.29) is 24.0 Å². The Hall–Kier alpha value is -3.56. The molecule has 0 unspecified atom stereocenters. The van der Waals surface area contributed by atoms with Crippen molar-refractivity contribution in [2.75, 3.05) is 26.1 Å². The van der Waals surface area contributed by atoms with Crippen LogP contribution < -0.4 is 14.8 Å². The molecule has 1 N–H and O–H groups in total. The topological polar surface area (TPSA) is 109 Å². The molecule has 2 aromatic heterocycles. The van der Waals surface area contributed by atoms with Gasteiger partial charge in [-0.25, -0.2) is 9.78 Å². The number of hydrogen-bond donors (Lipinski definition) is 1. The highest BCUT2D eigenvalue weighted by molar-refractivity contribution is 6.32. The van der Waals surface area contributed by atoms with Gasteiger partial charge in [-0.2, -0.15) is 4.98 Å². The zero-order chi connectivity index (χ0) is 23.5. The summed E-state index contributed by atoms with van der Waals surface area (Å²) in [4.78, 5) is 20.9. The Morgan fingerprint density at radius 3 is 2.45 bits per heavy atom. The van der Waals surface area contributed by atoms with Gasteiger partial charge < -0.3 is 24.1 Å². The lowest BCUT2D eigenvalue weighted by molar-refractivity contribution is 0.0512. The molecule has 4 rings (SSSR count). The molecule has 9 nitrogen and oxygen atoms in total. The van der Waals surface area contributed by atoms with Crippen molar-refractivity contribution in [3.05, 3.63) is 52.3 Å². The van der Waals surface area contributed by atoms with Gasteiger partial charge in [-0.3, -0.25) is 0 Å². The average Bonchev–Trinajstić information content (AvgIpc) is 3.24. The number of fused-ring (bicyclic) bond motifs is 1. The number of halogens is 2. The van der Waals surface area contributed by atoms with Crippen molar-refractivity contribution in [3.8, 4) is 22.8 Å².